The molecule has 0 amide bonds. The molecule has 4 nitrogen and oxygen atoms in total. The zero-order valence-corrected chi connectivity index (χ0v) is 10.7. The Hall–Kier alpha value is -0.610. The second-order valence-corrected chi connectivity index (χ2v) is 5.04. The highest BCUT2D eigenvalue weighted by Crippen LogP contribution is 2.43. The van der Waals surface area contributed by atoms with Gasteiger partial charge in [0.1, 0.15) is 0 Å². The van der Waals surface area contributed by atoms with E-state index in [0.717, 1.165) is 32.1 Å². The number of aliphatic hydroxyl groups is 1. The van der Waals surface area contributed by atoms with Gasteiger partial charge in [-0.1, -0.05) is 26.2 Å². The molecule has 2 atom stereocenters. The molecule has 1 fully saturated rings. The van der Waals surface area contributed by atoms with Crippen molar-refractivity contribution in [1.82, 2.24) is 0 Å². The molecule has 1 saturated carbocycles. The second-order valence-electron chi connectivity index (χ2n) is 5.04. The molecular formula is C13H24O4. The minimum absolute atomic E-state index is 0.00232. The van der Waals surface area contributed by atoms with Crippen LogP contribution in [0.3, 0.4) is 0 Å². The van der Waals surface area contributed by atoms with Crippen molar-refractivity contribution < 1.29 is 19.7 Å². The molecule has 0 aromatic rings. The fourth-order valence-electron chi connectivity index (χ4n) is 2.80. The summed E-state index contributed by atoms with van der Waals surface area (Å²) < 4.78 is 5.22. The van der Waals surface area contributed by atoms with Gasteiger partial charge in [0.05, 0.1) is 18.6 Å². The summed E-state index contributed by atoms with van der Waals surface area (Å²) in [6, 6.07) is 0. The van der Waals surface area contributed by atoms with Crippen LogP contribution in [0.15, 0.2) is 0 Å². The fourth-order valence-corrected chi connectivity index (χ4v) is 2.80. The molecule has 0 spiro atoms. The number of carboxylic acid groups (broad SMARTS) is 1. The average Bonchev–Trinajstić information content (AvgIpc) is 2.35. The third kappa shape index (κ3) is 3.96. The zero-order valence-electron chi connectivity index (χ0n) is 10.7. The number of rotatable bonds is 7. The van der Waals surface area contributed by atoms with Gasteiger partial charge >= 0.3 is 5.97 Å². The van der Waals surface area contributed by atoms with Gasteiger partial charge < -0.3 is 14.9 Å². The lowest BCUT2D eigenvalue weighted by atomic mass is 9.67. The molecular weight excluding hydrogens is 220 g/mol. The van der Waals surface area contributed by atoms with Gasteiger partial charge in [-0.25, -0.2) is 0 Å². The van der Waals surface area contributed by atoms with Gasteiger partial charge in [0.2, 0.25) is 0 Å². The topological polar surface area (TPSA) is 66.8 Å². The summed E-state index contributed by atoms with van der Waals surface area (Å²) in [5, 5.41) is 18.1. The number of carboxylic acids is 1. The van der Waals surface area contributed by atoms with E-state index in [-0.39, 0.29) is 6.61 Å². The van der Waals surface area contributed by atoms with Crippen molar-refractivity contribution in [2.24, 2.45) is 11.3 Å². The number of hydrogen-bond acceptors (Lipinski definition) is 3. The van der Waals surface area contributed by atoms with Crippen LogP contribution in [0.5, 0.6) is 0 Å². The fraction of sp³-hybridized carbons (Fsp3) is 0.923. The van der Waals surface area contributed by atoms with E-state index in [4.69, 9.17) is 9.84 Å². The molecule has 0 saturated heterocycles. The first-order chi connectivity index (χ1) is 8.14. The van der Waals surface area contributed by atoms with Gasteiger partial charge in [-0.2, -0.15) is 0 Å². The molecule has 0 radical (unpaired) electrons. The van der Waals surface area contributed by atoms with Gasteiger partial charge in [-0.3, -0.25) is 4.79 Å². The molecule has 0 bridgehead atoms. The summed E-state index contributed by atoms with van der Waals surface area (Å²) in [5.74, 6) is -0.138. The highest BCUT2D eigenvalue weighted by molar-refractivity contribution is 5.74. The predicted octanol–water partition coefficient (Wildman–Crippen LogP) is 2.06. The minimum Gasteiger partial charge on any atom is -0.481 e. The number of aliphatic hydroxyl groups excluding tert-OH is 1. The molecule has 0 aromatic heterocycles. The van der Waals surface area contributed by atoms with Crippen LogP contribution in [-0.2, 0) is 9.53 Å². The van der Waals surface area contributed by atoms with Crippen molar-refractivity contribution in [3.63, 3.8) is 0 Å². The zero-order chi connectivity index (χ0) is 12.7. The SMILES string of the molecule is CCC1CCCC(CCOCCO)(C(=O)O)C1. The van der Waals surface area contributed by atoms with Crippen LogP contribution in [0.1, 0.15) is 45.4 Å². The van der Waals surface area contributed by atoms with Crippen molar-refractivity contribution in [3.8, 4) is 0 Å². The minimum atomic E-state index is -0.678. The Bertz CT molecular complexity index is 242. The van der Waals surface area contributed by atoms with Gasteiger partial charge in [-0.15, -0.1) is 0 Å². The lowest BCUT2D eigenvalue weighted by Crippen LogP contribution is -2.37. The van der Waals surface area contributed by atoms with Crippen molar-refractivity contribution in [2.45, 2.75) is 45.4 Å². The van der Waals surface area contributed by atoms with Gasteiger partial charge in [0, 0.05) is 6.61 Å². The third-order valence-electron chi connectivity index (χ3n) is 3.94. The standard InChI is InChI=1S/C13H24O4/c1-2-11-4-3-5-13(10-11,12(15)16)6-8-17-9-7-14/h11,14H,2-10H2,1H3,(H,15,16). The summed E-state index contributed by atoms with van der Waals surface area (Å²) in [7, 11) is 0. The summed E-state index contributed by atoms with van der Waals surface area (Å²) in [5.41, 5.74) is -0.589. The predicted molar refractivity (Wildman–Crippen MR) is 64.8 cm³/mol. The van der Waals surface area contributed by atoms with E-state index >= 15 is 0 Å². The molecule has 17 heavy (non-hydrogen) atoms. The largest absolute Gasteiger partial charge is 0.481 e. The van der Waals surface area contributed by atoms with E-state index in [1.165, 1.54) is 0 Å². The molecule has 0 aromatic carbocycles. The summed E-state index contributed by atoms with van der Waals surface area (Å²) in [6.45, 7) is 2.86. The van der Waals surface area contributed by atoms with E-state index in [1.807, 2.05) is 0 Å². The lowest BCUT2D eigenvalue weighted by molar-refractivity contribution is -0.154. The third-order valence-corrected chi connectivity index (χ3v) is 3.94. The van der Waals surface area contributed by atoms with E-state index in [2.05, 4.69) is 6.92 Å². The number of ether oxygens (including phenoxy) is 1. The first kappa shape index (κ1) is 14.5. The Kier molecular flexibility index (Phi) is 5.92. The Balaban J connectivity index is 2.52. The van der Waals surface area contributed by atoms with Crippen molar-refractivity contribution in [3.05, 3.63) is 0 Å². The van der Waals surface area contributed by atoms with Crippen molar-refractivity contribution in [1.29, 1.82) is 0 Å². The van der Waals surface area contributed by atoms with Crippen LogP contribution in [0, 0.1) is 11.3 Å². The maximum Gasteiger partial charge on any atom is 0.309 e. The second kappa shape index (κ2) is 6.97. The number of hydrogen-bond donors (Lipinski definition) is 2. The lowest BCUT2D eigenvalue weighted by Gasteiger charge is -2.37. The van der Waals surface area contributed by atoms with Crippen molar-refractivity contribution in [2.75, 3.05) is 19.8 Å². The molecule has 0 aliphatic heterocycles. The van der Waals surface area contributed by atoms with Gasteiger partial charge in [-0.05, 0) is 25.2 Å². The maximum absolute atomic E-state index is 11.5. The highest BCUT2D eigenvalue weighted by Gasteiger charge is 2.41. The molecule has 1 aliphatic rings. The first-order valence-electron chi connectivity index (χ1n) is 6.56. The van der Waals surface area contributed by atoms with Crippen LogP contribution in [0.4, 0.5) is 0 Å². The van der Waals surface area contributed by atoms with Crippen LogP contribution in [-0.4, -0.2) is 36.0 Å². The smallest absolute Gasteiger partial charge is 0.309 e. The maximum atomic E-state index is 11.5. The Morgan fingerprint density at radius 1 is 1.47 bits per heavy atom. The van der Waals surface area contributed by atoms with Gasteiger partial charge in [0.25, 0.3) is 0 Å². The normalized spacial score (nSPS) is 29.2. The van der Waals surface area contributed by atoms with Gasteiger partial charge in [0.15, 0.2) is 0 Å². The molecule has 2 unspecified atom stereocenters. The number of aliphatic carboxylic acids is 1. The Labute approximate surface area is 103 Å². The van der Waals surface area contributed by atoms with E-state index in [9.17, 15) is 9.90 Å². The summed E-state index contributed by atoms with van der Waals surface area (Å²) >= 11 is 0. The van der Waals surface area contributed by atoms with E-state index < -0.39 is 11.4 Å². The first-order valence-corrected chi connectivity index (χ1v) is 6.56. The highest BCUT2D eigenvalue weighted by atomic mass is 16.5. The molecule has 0 heterocycles. The summed E-state index contributed by atoms with van der Waals surface area (Å²) in [6.07, 6.45) is 5.34. The van der Waals surface area contributed by atoms with Crippen LogP contribution in [0.25, 0.3) is 0 Å². The van der Waals surface area contributed by atoms with Crippen LogP contribution < -0.4 is 0 Å². The molecule has 4 heteroatoms. The quantitative estimate of drug-likeness (QED) is 0.673. The Morgan fingerprint density at radius 2 is 2.24 bits per heavy atom. The molecule has 1 rings (SSSR count). The average molecular weight is 244 g/mol. The molecule has 100 valence electrons. The monoisotopic (exact) mass is 244 g/mol. The van der Waals surface area contributed by atoms with Crippen LogP contribution >= 0.6 is 0 Å². The molecule has 1 aliphatic carbocycles. The molecule has 2 N–H and O–H groups in total. The summed E-state index contributed by atoms with van der Waals surface area (Å²) in [4.78, 5) is 11.5. The van der Waals surface area contributed by atoms with Crippen molar-refractivity contribution >= 4 is 5.97 Å². The Morgan fingerprint density at radius 3 is 2.82 bits per heavy atom. The van der Waals surface area contributed by atoms with E-state index in [1.54, 1.807) is 0 Å². The van der Waals surface area contributed by atoms with Crippen LogP contribution in [0.2, 0.25) is 0 Å². The van der Waals surface area contributed by atoms with E-state index in [0.29, 0.717) is 25.6 Å². The number of carbonyl (C=O) groups is 1.